The van der Waals surface area contributed by atoms with Crippen LogP contribution in [0.3, 0.4) is 0 Å². The molecule has 36 heavy (non-hydrogen) atoms. The maximum Gasteiger partial charge on any atom is 0.226 e. The molecule has 0 saturated carbocycles. The molecular weight excluding hydrogens is 515 g/mol. The lowest BCUT2D eigenvalue weighted by Crippen LogP contribution is -2.54. The molecule has 0 atom stereocenters. The minimum absolute atomic E-state index is 0.127. The Morgan fingerprint density at radius 1 is 1.22 bits per heavy atom. The zero-order valence-corrected chi connectivity index (χ0v) is 22.7. The van der Waals surface area contributed by atoms with Crippen LogP contribution < -0.4 is 10.6 Å². The summed E-state index contributed by atoms with van der Waals surface area (Å²) in [4.78, 5) is 19.2. The minimum Gasteiger partial charge on any atom is -0.366 e. The molecule has 3 aromatic rings. The maximum absolute atomic E-state index is 13.0. The Hall–Kier alpha value is -3.12. The number of nitriles is 1. The van der Waals surface area contributed by atoms with Gasteiger partial charge in [-0.1, -0.05) is 47.5 Å². The van der Waals surface area contributed by atoms with Crippen LogP contribution in [0, 0.1) is 11.3 Å². The topological polar surface area (TPSA) is 86.0 Å². The van der Waals surface area contributed by atoms with Gasteiger partial charge in [0, 0.05) is 38.6 Å². The fraction of sp³-hybridized carbons (Fsp3) is 0.308. The van der Waals surface area contributed by atoms with Crippen LogP contribution in [0.1, 0.15) is 36.2 Å². The molecule has 1 aromatic heterocycles. The third-order valence-corrected chi connectivity index (χ3v) is 6.85. The van der Waals surface area contributed by atoms with E-state index in [4.69, 9.17) is 40.7 Å². The van der Waals surface area contributed by atoms with Gasteiger partial charge in [-0.2, -0.15) is 5.26 Å². The fourth-order valence-electron chi connectivity index (χ4n) is 3.86. The van der Waals surface area contributed by atoms with E-state index in [9.17, 15) is 4.79 Å². The van der Waals surface area contributed by atoms with E-state index in [1.165, 1.54) is 0 Å². The highest BCUT2D eigenvalue weighted by Gasteiger charge is 2.26. The number of hydrogen-bond acceptors (Lipinski definition) is 4. The number of amides is 1. The van der Waals surface area contributed by atoms with E-state index in [0.29, 0.717) is 40.4 Å². The molecule has 0 radical (unpaired) electrons. The summed E-state index contributed by atoms with van der Waals surface area (Å²) in [7, 11) is 1.76. The van der Waals surface area contributed by atoms with E-state index in [1.54, 1.807) is 37.8 Å². The van der Waals surface area contributed by atoms with Crippen molar-refractivity contribution in [2.45, 2.75) is 38.9 Å². The summed E-state index contributed by atoms with van der Waals surface area (Å²) in [5.74, 6) is -0.127. The molecule has 188 valence electrons. The number of carbonyl (C=O) groups excluding carboxylic acids is 1. The van der Waals surface area contributed by atoms with Crippen molar-refractivity contribution in [2.75, 3.05) is 13.6 Å². The fourth-order valence-corrected chi connectivity index (χ4v) is 4.36. The highest BCUT2D eigenvalue weighted by molar-refractivity contribution is 7.80. The number of benzene rings is 2. The summed E-state index contributed by atoms with van der Waals surface area (Å²) in [5.41, 5.74) is 2.66. The van der Waals surface area contributed by atoms with Crippen LogP contribution >= 0.6 is 35.4 Å². The number of nitrogens with zero attached hydrogens (tertiary/aromatic N) is 4. The first kappa shape index (κ1) is 27.5. The monoisotopic (exact) mass is 542 g/mol. The third-order valence-electron chi connectivity index (χ3n) is 5.53. The van der Waals surface area contributed by atoms with Gasteiger partial charge in [0.25, 0.3) is 0 Å². The number of rotatable bonds is 9. The van der Waals surface area contributed by atoms with Gasteiger partial charge >= 0.3 is 0 Å². The van der Waals surface area contributed by atoms with Gasteiger partial charge in [-0.3, -0.25) is 4.79 Å². The molecule has 0 spiro atoms. The molecule has 10 heteroatoms. The minimum atomic E-state index is -0.596. The van der Waals surface area contributed by atoms with Gasteiger partial charge in [-0.25, -0.2) is 4.98 Å². The van der Waals surface area contributed by atoms with Gasteiger partial charge < -0.3 is 20.1 Å². The second-order valence-corrected chi connectivity index (χ2v) is 10.2. The molecule has 1 amide bonds. The molecule has 0 aliphatic rings. The van der Waals surface area contributed by atoms with Crippen molar-refractivity contribution in [1.82, 2.24) is 25.1 Å². The van der Waals surface area contributed by atoms with Crippen molar-refractivity contribution in [3.05, 3.63) is 87.4 Å². The zero-order chi connectivity index (χ0) is 26.3. The van der Waals surface area contributed by atoms with E-state index in [1.807, 2.05) is 47.6 Å². The molecule has 1 heterocycles. The average molecular weight is 544 g/mol. The van der Waals surface area contributed by atoms with Crippen LogP contribution in [0.15, 0.2) is 55.0 Å². The summed E-state index contributed by atoms with van der Waals surface area (Å²) >= 11 is 18.1. The predicted molar refractivity (Wildman–Crippen MR) is 147 cm³/mol. The van der Waals surface area contributed by atoms with Gasteiger partial charge in [0.05, 0.1) is 40.0 Å². The molecule has 0 saturated heterocycles. The number of nitrogens with one attached hydrogen (secondary N) is 2. The Bertz CT molecular complexity index is 1270. The molecular formula is C26H28Cl2N6OS. The molecule has 2 aromatic carbocycles. The van der Waals surface area contributed by atoms with Crippen LogP contribution in [-0.4, -0.2) is 44.6 Å². The first-order chi connectivity index (χ1) is 17.1. The summed E-state index contributed by atoms with van der Waals surface area (Å²) < 4.78 is 1.93. The molecule has 3 rings (SSSR count). The summed E-state index contributed by atoms with van der Waals surface area (Å²) in [5, 5.41) is 16.6. The van der Waals surface area contributed by atoms with Crippen LogP contribution in [0.25, 0.3) is 0 Å². The van der Waals surface area contributed by atoms with E-state index < -0.39 is 5.54 Å². The van der Waals surface area contributed by atoms with Crippen LogP contribution in [-0.2, 0) is 24.3 Å². The summed E-state index contributed by atoms with van der Waals surface area (Å²) in [6.07, 6.45) is 3.57. The van der Waals surface area contributed by atoms with Crippen molar-refractivity contribution in [3.63, 3.8) is 0 Å². The molecule has 0 unspecified atom stereocenters. The van der Waals surface area contributed by atoms with Crippen molar-refractivity contribution in [1.29, 1.82) is 5.26 Å². The van der Waals surface area contributed by atoms with Crippen molar-refractivity contribution in [2.24, 2.45) is 0 Å². The Kier molecular flexibility index (Phi) is 9.32. The Morgan fingerprint density at radius 3 is 2.61 bits per heavy atom. The molecule has 0 aliphatic carbocycles. The number of carbonyl (C=O) groups is 1. The SMILES string of the molecule is CNC(=S)N(Cc1cccc(Cl)c1Cl)CC(C)(C)NC(=O)Cc1cncn1Cc1ccc(C#N)cc1. The highest BCUT2D eigenvalue weighted by Crippen LogP contribution is 2.27. The third kappa shape index (κ3) is 7.44. The number of hydrogen-bond donors (Lipinski definition) is 2. The van der Waals surface area contributed by atoms with Gasteiger partial charge in [0.1, 0.15) is 0 Å². The van der Waals surface area contributed by atoms with Crippen LogP contribution in [0.5, 0.6) is 0 Å². The van der Waals surface area contributed by atoms with E-state index in [2.05, 4.69) is 21.7 Å². The lowest BCUT2D eigenvalue weighted by atomic mass is 10.0. The highest BCUT2D eigenvalue weighted by atomic mass is 35.5. The lowest BCUT2D eigenvalue weighted by Gasteiger charge is -2.35. The number of halogens is 2. The number of thiocarbonyl (C=S) groups is 1. The quantitative estimate of drug-likeness (QED) is 0.385. The van der Waals surface area contributed by atoms with Gasteiger partial charge in [-0.15, -0.1) is 0 Å². The predicted octanol–water partition coefficient (Wildman–Crippen LogP) is 4.55. The van der Waals surface area contributed by atoms with Crippen LogP contribution in [0.4, 0.5) is 0 Å². The zero-order valence-electron chi connectivity index (χ0n) is 20.4. The number of imidazole rings is 1. The molecule has 0 bridgehead atoms. The Labute approximate surface area is 227 Å². The van der Waals surface area contributed by atoms with E-state index in [-0.39, 0.29) is 12.3 Å². The second-order valence-electron chi connectivity index (χ2n) is 9.05. The van der Waals surface area contributed by atoms with Gasteiger partial charge in [-0.05, 0) is 55.4 Å². The summed E-state index contributed by atoms with van der Waals surface area (Å²) in [6, 6.07) is 15.0. The Balaban J connectivity index is 1.65. The molecule has 0 fully saturated rings. The smallest absolute Gasteiger partial charge is 0.226 e. The van der Waals surface area contributed by atoms with Gasteiger partial charge in [0.15, 0.2) is 5.11 Å². The van der Waals surface area contributed by atoms with Crippen LogP contribution in [0.2, 0.25) is 10.0 Å². The van der Waals surface area contributed by atoms with E-state index in [0.717, 1.165) is 16.8 Å². The van der Waals surface area contributed by atoms with Crippen molar-refractivity contribution < 1.29 is 4.79 Å². The average Bonchev–Trinajstić information content (AvgIpc) is 3.26. The first-order valence-electron chi connectivity index (χ1n) is 11.3. The molecule has 7 nitrogen and oxygen atoms in total. The summed E-state index contributed by atoms with van der Waals surface area (Å²) in [6.45, 7) is 5.34. The molecule has 2 N–H and O–H groups in total. The Morgan fingerprint density at radius 2 is 1.94 bits per heavy atom. The first-order valence-corrected chi connectivity index (χ1v) is 12.5. The standard InChI is InChI=1S/C26H28Cl2N6OS/c1-26(2,16-33(25(36)30-3)15-20-5-4-6-22(27)24(20)28)32-23(35)11-21-13-31-17-34(21)14-19-9-7-18(12-29)8-10-19/h4-10,13,17H,11,14-16H2,1-3H3,(H,30,36)(H,32,35). The second kappa shape index (κ2) is 12.2. The van der Waals surface area contributed by atoms with Crippen molar-refractivity contribution >= 4 is 46.4 Å². The molecule has 0 aliphatic heterocycles. The normalized spacial score (nSPS) is 11.0. The van der Waals surface area contributed by atoms with E-state index >= 15 is 0 Å². The maximum atomic E-state index is 13.0. The lowest BCUT2D eigenvalue weighted by molar-refractivity contribution is -0.122. The van der Waals surface area contributed by atoms with Gasteiger partial charge in [0.2, 0.25) is 5.91 Å². The van der Waals surface area contributed by atoms with Crippen molar-refractivity contribution in [3.8, 4) is 6.07 Å². The number of aromatic nitrogens is 2. The largest absolute Gasteiger partial charge is 0.366 e.